The SMILES string of the molecule is C=NC(=N/C=C(\C)Br)c1ccccc1. The van der Waals surface area contributed by atoms with Gasteiger partial charge in [0.05, 0.1) is 0 Å². The Morgan fingerprint density at radius 3 is 2.50 bits per heavy atom. The Morgan fingerprint density at radius 2 is 2.00 bits per heavy atom. The minimum absolute atomic E-state index is 0.629. The summed E-state index contributed by atoms with van der Waals surface area (Å²) in [5, 5.41) is 0. The fraction of sp³-hybridized carbons (Fsp3) is 0.0909. The number of nitrogens with zero attached hydrogens (tertiary/aromatic N) is 2. The third kappa shape index (κ3) is 3.26. The Morgan fingerprint density at radius 1 is 1.36 bits per heavy atom. The molecule has 2 nitrogen and oxygen atoms in total. The maximum absolute atomic E-state index is 4.19. The van der Waals surface area contributed by atoms with E-state index in [0.717, 1.165) is 10.0 Å². The van der Waals surface area contributed by atoms with Gasteiger partial charge in [-0.3, -0.25) is 0 Å². The lowest BCUT2D eigenvalue weighted by molar-refractivity contribution is 1.45. The molecule has 0 N–H and O–H groups in total. The van der Waals surface area contributed by atoms with Crippen molar-refractivity contribution in [2.24, 2.45) is 9.98 Å². The van der Waals surface area contributed by atoms with Crippen LogP contribution in [0.1, 0.15) is 12.5 Å². The average molecular weight is 251 g/mol. The van der Waals surface area contributed by atoms with Crippen molar-refractivity contribution in [3.8, 4) is 0 Å². The molecular weight excluding hydrogens is 240 g/mol. The van der Waals surface area contributed by atoms with Crippen molar-refractivity contribution in [2.45, 2.75) is 6.92 Å². The van der Waals surface area contributed by atoms with Crippen LogP contribution in [0, 0.1) is 0 Å². The van der Waals surface area contributed by atoms with Gasteiger partial charge in [-0.25, -0.2) is 9.98 Å². The standard InChI is InChI=1S/C11H11BrN2/c1-9(12)8-14-11(13-2)10-6-4-3-5-7-10/h3-8H,2H2,1H3/b9-8+,14-11?. The molecule has 0 saturated heterocycles. The van der Waals surface area contributed by atoms with Gasteiger partial charge >= 0.3 is 0 Å². The van der Waals surface area contributed by atoms with Crippen molar-refractivity contribution in [1.29, 1.82) is 0 Å². The molecule has 0 aliphatic carbocycles. The second kappa shape index (κ2) is 5.50. The molecule has 0 aromatic heterocycles. The van der Waals surface area contributed by atoms with Crippen LogP contribution in [0.5, 0.6) is 0 Å². The van der Waals surface area contributed by atoms with Gasteiger partial charge in [0, 0.05) is 16.2 Å². The second-order valence-corrected chi connectivity index (χ2v) is 3.94. The van der Waals surface area contributed by atoms with Crippen LogP contribution >= 0.6 is 15.9 Å². The van der Waals surface area contributed by atoms with Gasteiger partial charge in [-0.2, -0.15) is 0 Å². The first-order valence-corrected chi connectivity index (χ1v) is 4.95. The largest absolute Gasteiger partial charge is 0.245 e. The van der Waals surface area contributed by atoms with Gasteiger partial charge < -0.3 is 0 Å². The fourth-order valence-electron chi connectivity index (χ4n) is 0.944. The number of aliphatic imine (C=N–C) groups is 2. The van der Waals surface area contributed by atoms with E-state index in [0.29, 0.717) is 5.84 Å². The molecule has 0 aliphatic heterocycles. The first-order chi connectivity index (χ1) is 6.74. The Bertz CT molecular complexity index is 362. The zero-order valence-corrected chi connectivity index (χ0v) is 9.53. The highest BCUT2D eigenvalue weighted by molar-refractivity contribution is 9.11. The van der Waals surface area contributed by atoms with Crippen molar-refractivity contribution < 1.29 is 0 Å². The van der Waals surface area contributed by atoms with E-state index in [1.54, 1.807) is 6.20 Å². The predicted molar refractivity (Wildman–Crippen MR) is 65.2 cm³/mol. The molecule has 0 atom stereocenters. The number of rotatable bonds is 2. The fourth-order valence-corrected chi connectivity index (χ4v) is 1.05. The summed E-state index contributed by atoms with van der Waals surface area (Å²) in [5.74, 6) is 0.629. The summed E-state index contributed by atoms with van der Waals surface area (Å²) in [7, 11) is 0. The van der Waals surface area contributed by atoms with Gasteiger partial charge in [-0.1, -0.05) is 46.3 Å². The number of hydrogen-bond acceptors (Lipinski definition) is 1. The summed E-state index contributed by atoms with van der Waals surface area (Å²) in [6, 6.07) is 9.74. The lowest BCUT2D eigenvalue weighted by Gasteiger charge is -1.97. The normalized spacial score (nSPS) is 12.7. The monoisotopic (exact) mass is 250 g/mol. The van der Waals surface area contributed by atoms with E-state index in [1.807, 2.05) is 37.3 Å². The minimum Gasteiger partial charge on any atom is -0.245 e. The van der Waals surface area contributed by atoms with Crippen LogP contribution < -0.4 is 0 Å². The van der Waals surface area contributed by atoms with E-state index in [2.05, 4.69) is 32.6 Å². The highest BCUT2D eigenvalue weighted by Gasteiger charge is 1.96. The molecule has 1 aromatic carbocycles. The minimum atomic E-state index is 0.629. The molecule has 1 rings (SSSR count). The molecule has 72 valence electrons. The van der Waals surface area contributed by atoms with Gasteiger partial charge in [0.1, 0.15) is 0 Å². The van der Waals surface area contributed by atoms with E-state index in [1.165, 1.54) is 0 Å². The molecule has 0 unspecified atom stereocenters. The zero-order valence-electron chi connectivity index (χ0n) is 7.94. The molecule has 0 heterocycles. The van der Waals surface area contributed by atoms with E-state index in [9.17, 15) is 0 Å². The van der Waals surface area contributed by atoms with Gasteiger partial charge in [0.25, 0.3) is 0 Å². The highest BCUT2D eigenvalue weighted by atomic mass is 79.9. The smallest absolute Gasteiger partial charge is 0.158 e. The van der Waals surface area contributed by atoms with Gasteiger partial charge in [-0.15, -0.1) is 0 Å². The summed E-state index contributed by atoms with van der Waals surface area (Å²) in [5.41, 5.74) is 0.965. The maximum Gasteiger partial charge on any atom is 0.158 e. The summed E-state index contributed by atoms with van der Waals surface area (Å²) < 4.78 is 0.953. The molecule has 3 heteroatoms. The first kappa shape index (κ1) is 10.9. The van der Waals surface area contributed by atoms with Crippen molar-refractivity contribution in [3.05, 3.63) is 46.6 Å². The van der Waals surface area contributed by atoms with Gasteiger partial charge in [-0.05, 0) is 13.6 Å². The Kier molecular flexibility index (Phi) is 4.26. The Hall–Kier alpha value is -1.22. The third-order valence-corrected chi connectivity index (χ3v) is 1.75. The van der Waals surface area contributed by atoms with Crippen LogP contribution in [0.25, 0.3) is 0 Å². The molecule has 0 bridgehead atoms. The van der Waals surface area contributed by atoms with Gasteiger partial charge in [0.15, 0.2) is 5.84 Å². The lowest BCUT2D eigenvalue weighted by Crippen LogP contribution is -1.94. The van der Waals surface area contributed by atoms with Crippen molar-refractivity contribution in [1.82, 2.24) is 0 Å². The Labute approximate surface area is 92.2 Å². The van der Waals surface area contributed by atoms with Crippen LogP contribution in [0.3, 0.4) is 0 Å². The van der Waals surface area contributed by atoms with E-state index >= 15 is 0 Å². The summed E-state index contributed by atoms with van der Waals surface area (Å²) in [6.45, 7) is 5.40. The van der Waals surface area contributed by atoms with Crippen LogP contribution in [-0.2, 0) is 0 Å². The molecule has 0 amide bonds. The molecule has 0 fully saturated rings. The molecule has 0 aliphatic rings. The van der Waals surface area contributed by atoms with Crippen molar-refractivity contribution >= 4 is 28.5 Å². The second-order valence-electron chi connectivity index (χ2n) is 2.69. The van der Waals surface area contributed by atoms with Crippen molar-refractivity contribution in [3.63, 3.8) is 0 Å². The number of allylic oxidation sites excluding steroid dienone is 1. The number of halogens is 1. The van der Waals surface area contributed by atoms with Crippen molar-refractivity contribution in [2.75, 3.05) is 0 Å². The topological polar surface area (TPSA) is 24.7 Å². The molecule has 1 aromatic rings. The number of hydrogen-bond donors (Lipinski definition) is 0. The van der Waals surface area contributed by atoms with Crippen LogP contribution in [0.2, 0.25) is 0 Å². The molecule has 0 saturated carbocycles. The van der Waals surface area contributed by atoms with E-state index in [4.69, 9.17) is 0 Å². The third-order valence-electron chi connectivity index (χ3n) is 1.55. The molecule has 0 radical (unpaired) electrons. The number of amidine groups is 1. The predicted octanol–water partition coefficient (Wildman–Crippen LogP) is 3.39. The quantitative estimate of drug-likeness (QED) is 0.568. The van der Waals surface area contributed by atoms with E-state index in [-0.39, 0.29) is 0 Å². The van der Waals surface area contributed by atoms with Crippen LogP contribution in [-0.4, -0.2) is 12.6 Å². The van der Waals surface area contributed by atoms with E-state index < -0.39 is 0 Å². The lowest BCUT2D eigenvalue weighted by atomic mass is 10.2. The average Bonchev–Trinajstić information content (AvgIpc) is 2.20. The molecular formula is C11H11BrN2. The zero-order chi connectivity index (χ0) is 10.4. The summed E-state index contributed by atoms with van der Waals surface area (Å²) in [6.07, 6.45) is 1.71. The molecule has 14 heavy (non-hydrogen) atoms. The molecule has 0 spiro atoms. The van der Waals surface area contributed by atoms with Crippen LogP contribution in [0.15, 0.2) is 51.0 Å². The van der Waals surface area contributed by atoms with Crippen LogP contribution in [0.4, 0.5) is 0 Å². The first-order valence-electron chi connectivity index (χ1n) is 4.16. The van der Waals surface area contributed by atoms with Gasteiger partial charge in [0.2, 0.25) is 0 Å². The highest BCUT2D eigenvalue weighted by Crippen LogP contribution is 2.06. The maximum atomic E-state index is 4.19. The summed E-state index contributed by atoms with van der Waals surface area (Å²) >= 11 is 3.30. The summed E-state index contributed by atoms with van der Waals surface area (Å²) in [4.78, 5) is 8.06. The Balaban J connectivity index is 2.99. The number of benzene rings is 1.